The highest BCUT2D eigenvalue weighted by Gasteiger charge is 2.24. The first-order valence-corrected chi connectivity index (χ1v) is 7.91. The highest BCUT2D eigenvalue weighted by atomic mass is 16.5. The third-order valence-electron chi connectivity index (χ3n) is 3.80. The van der Waals surface area contributed by atoms with Crippen molar-refractivity contribution in [2.45, 2.75) is 6.42 Å². The van der Waals surface area contributed by atoms with Crippen LogP contribution in [0, 0.1) is 0 Å². The van der Waals surface area contributed by atoms with E-state index in [-0.39, 0.29) is 6.61 Å². The molecular weight excluding hydrogens is 324 g/mol. The Kier molecular flexibility index (Phi) is 4.32. The number of hydrogen-bond donors (Lipinski definition) is 1. The standard InChI is InChI=1S/C18H16N2O5/c21-6-10-22-9-5-12-15-16(13-3-1-7-23-13)17(14-4-2-8-24-14)25-18(15)20-11-19-12/h1-4,7-8,11,21H,5-6,9-10H2. The van der Waals surface area contributed by atoms with Gasteiger partial charge in [0.2, 0.25) is 5.71 Å². The van der Waals surface area contributed by atoms with E-state index >= 15 is 0 Å². The van der Waals surface area contributed by atoms with E-state index in [1.54, 1.807) is 18.6 Å². The topological polar surface area (TPSA) is 94.7 Å². The molecule has 4 rings (SSSR count). The molecule has 0 radical (unpaired) electrons. The van der Waals surface area contributed by atoms with Crippen molar-refractivity contribution in [3.05, 3.63) is 48.8 Å². The smallest absolute Gasteiger partial charge is 0.230 e. The van der Waals surface area contributed by atoms with Crippen LogP contribution in [0.3, 0.4) is 0 Å². The molecule has 7 heteroatoms. The highest BCUT2D eigenvalue weighted by Crippen LogP contribution is 2.41. The fraction of sp³-hybridized carbons (Fsp3) is 0.222. The Morgan fingerprint density at radius 2 is 1.80 bits per heavy atom. The monoisotopic (exact) mass is 340 g/mol. The van der Waals surface area contributed by atoms with Crippen LogP contribution in [-0.4, -0.2) is 34.9 Å². The summed E-state index contributed by atoms with van der Waals surface area (Å²) in [5, 5.41) is 9.60. The first-order valence-electron chi connectivity index (χ1n) is 7.91. The Balaban J connectivity index is 1.85. The van der Waals surface area contributed by atoms with E-state index in [4.69, 9.17) is 23.1 Å². The second kappa shape index (κ2) is 6.92. The molecular formula is C18H16N2O5. The van der Waals surface area contributed by atoms with E-state index in [1.165, 1.54) is 6.33 Å². The molecule has 0 amide bonds. The highest BCUT2D eigenvalue weighted by molar-refractivity contribution is 5.99. The van der Waals surface area contributed by atoms with Crippen molar-refractivity contribution < 1.29 is 23.1 Å². The quantitative estimate of drug-likeness (QED) is 0.516. The molecule has 0 aromatic carbocycles. The minimum atomic E-state index is -0.00875. The van der Waals surface area contributed by atoms with Gasteiger partial charge in [-0.1, -0.05) is 0 Å². The number of aliphatic hydroxyl groups is 1. The van der Waals surface area contributed by atoms with Crippen LogP contribution in [0.2, 0.25) is 0 Å². The first-order chi connectivity index (χ1) is 12.4. The van der Waals surface area contributed by atoms with Crippen LogP contribution in [-0.2, 0) is 11.2 Å². The summed E-state index contributed by atoms with van der Waals surface area (Å²) in [7, 11) is 0. The van der Waals surface area contributed by atoms with Crippen LogP contribution >= 0.6 is 0 Å². The lowest BCUT2D eigenvalue weighted by Gasteiger charge is -2.04. The van der Waals surface area contributed by atoms with E-state index in [9.17, 15) is 0 Å². The molecule has 0 aliphatic carbocycles. The number of hydrogen-bond acceptors (Lipinski definition) is 7. The minimum Gasteiger partial charge on any atom is -0.464 e. The Hall–Kier alpha value is -2.90. The average molecular weight is 340 g/mol. The van der Waals surface area contributed by atoms with Crippen molar-refractivity contribution in [1.29, 1.82) is 0 Å². The lowest BCUT2D eigenvalue weighted by molar-refractivity contribution is 0.0942. The molecule has 0 bridgehead atoms. The maximum absolute atomic E-state index is 8.82. The van der Waals surface area contributed by atoms with Crippen molar-refractivity contribution in [2.75, 3.05) is 19.8 Å². The molecule has 7 nitrogen and oxygen atoms in total. The predicted octanol–water partition coefficient (Wildman–Crippen LogP) is 3.29. The molecule has 0 unspecified atom stereocenters. The van der Waals surface area contributed by atoms with Crippen molar-refractivity contribution in [3.8, 4) is 22.8 Å². The molecule has 0 aliphatic rings. The maximum atomic E-state index is 8.82. The van der Waals surface area contributed by atoms with Gasteiger partial charge in [-0.05, 0) is 24.3 Å². The molecule has 4 aromatic heterocycles. The largest absolute Gasteiger partial charge is 0.464 e. The van der Waals surface area contributed by atoms with Crippen LogP contribution in [0.25, 0.3) is 33.9 Å². The van der Waals surface area contributed by atoms with E-state index in [0.717, 1.165) is 16.6 Å². The van der Waals surface area contributed by atoms with Gasteiger partial charge in [-0.3, -0.25) is 0 Å². The lowest BCUT2D eigenvalue weighted by Crippen LogP contribution is -2.05. The molecule has 0 atom stereocenters. The number of rotatable bonds is 7. The van der Waals surface area contributed by atoms with Gasteiger partial charge in [-0.2, -0.15) is 0 Å². The van der Waals surface area contributed by atoms with E-state index < -0.39 is 0 Å². The summed E-state index contributed by atoms with van der Waals surface area (Å²) in [5.41, 5.74) is 2.01. The second-order valence-electron chi connectivity index (χ2n) is 5.35. The summed E-state index contributed by atoms with van der Waals surface area (Å²) in [5.74, 6) is 1.79. The summed E-state index contributed by atoms with van der Waals surface area (Å²) in [6.45, 7) is 0.721. The second-order valence-corrected chi connectivity index (χ2v) is 5.35. The SMILES string of the molecule is OCCOCCc1ncnc2oc(-c3ccco3)c(-c3ccco3)c12. The molecule has 0 aliphatic heterocycles. The fourth-order valence-electron chi connectivity index (χ4n) is 2.76. The van der Waals surface area contributed by atoms with E-state index in [1.807, 2.05) is 18.2 Å². The molecule has 4 aromatic rings. The average Bonchev–Trinajstić information content (AvgIpc) is 3.38. The van der Waals surface area contributed by atoms with Crippen LogP contribution in [0.5, 0.6) is 0 Å². The van der Waals surface area contributed by atoms with Crippen LogP contribution in [0.15, 0.2) is 56.4 Å². The first kappa shape index (κ1) is 15.6. The summed E-state index contributed by atoms with van der Waals surface area (Å²) in [4.78, 5) is 8.63. The molecule has 0 saturated heterocycles. The molecule has 0 saturated carbocycles. The van der Waals surface area contributed by atoms with Crippen molar-refractivity contribution in [3.63, 3.8) is 0 Å². The van der Waals surface area contributed by atoms with Crippen LogP contribution in [0.1, 0.15) is 5.69 Å². The molecule has 1 N–H and O–H groups in total. The Morgan fingerprint density at radius 3 is 2.52 bits per heavy atom. The van der Waals surface area contributed by atoms with Crippen molar-refractivity contribution in [2.24, 2.45) is 0 Å². The number of aliphatic hydroxyl groups excluding tert-OH is 1. The number of furan rings is 3. The third kappa shape index (κ3) is 2.95. The van der Waals surface area contributed by atoms with E-state index in [2.05, 4.69) is 9.97 Å². The molecule has 25 heavy (non-hydrogen) atoms. The summed E-state index contributed by atoms with van der Waals surface area (Å²) < 4.78 is 22.4. The number of nitrogens with zero attached hydrogens (tertiary/aromatic N) is 2. The Bertz CT molecular complexity index is 942. The van der Waals surface area contributed by atoms with Gasteiger partial charge < -0.3 is 23.1 Å². The summed E-state index contributed by atoms with van der Waals surface area (Å²) >= 11 is 0. The van der Waals surface area contributed by atoms with Gasteiger partial charge >= 0.3 is 0 Å². The molecule has 4 heterocycles. The van der Waals surface area contributed by atoms with Gasteiger partial charge in [-0.15, -0.1) is 0 Å². The number of aromatic nitrogens is 2. The molecule has 0 fully saturated rings. The molecule has 0 spiro atoms. The number of fused-ring (bicyclic) bond motifs is 1. The zero-order valence-electron chi connectivity index (χ0n) is 13.3. The van der Waals surface area contributed by atoms with Gasteiger partial charge in [0, 0.05) is 6.42 Å². The van der Waals surface area contributed by atoms with Gasteiger partial charge in [0.1, 0.15) is 12.1 Å². The van der Waals surface area contributed by atoms with Crippen molar-refractivity contribution >= 4 is 11.1 Å². The normalized spacial score (nSPS) is 11.4. The maximum Gasteiger partial charge on any atom is 0.230 e. The minimum absolute atomic E-state index is 0.00875. The lowest BCUT2D eigenvalue weighted by atomic mass is 10.1. The molecule has 128 valence electrons. The summed E-state index contributed by atoms with van der Waals surface area (Å²) in [6.07, 6.45) is 5.21. The Labute approximate surface area is 142 Å². The van der Waals surface area contributed by atoms with Gasteiger partial charge in [-0.25, -0.2) is 9.97 Å². The Morgan fingerprint density at radius 1 is 1.00 bits per heavy atom. The third-order valence-corrected chi connectivity index (χ3v) is 3.80. The summed E-state index contributed by atoms with van der Waals surface area (Å²) in [6, 6.07) is 7.29. The van der Waals surface area contributed by atoms with Gasteiger partial charge in [0.05, 0.1) is 49.0 Å². The van der Waals surface area contributed by atoms with Crippen molar-refractivity contribution in [1.82, 2.24) is 9.97 Å². The zero-order chi connectivity index (χ0) is 17.1. The predicted molar refractivity (Wildman–Crippen MR) is 88.8 cm³/mol. The van der Waals surface area contributed by atoms with Crippen LogP contribution < -0.4 is 0 Å². The number of ether oxygens (including phenoxy) is 1. The van der Waals surface area contributed by atoms with Gasteiger partial charge in [0.15, 0.2) is 11.5 Å². The van der Waals surface area contributed by atoms with E-state index in [0.29, 0.717) is 42.6 Å². The fourth-order valence-corrected chi connectivity index (χ4v) is 2.76. The van der Waals surface area contributed by atoms with Crippen LogP contribution in [0.4, 0.5) is 0 Å². The van der Waals surface area contributed by atoms with Gasteiger partial charge in [0.25, 0.3) is 0 Å². The zero-order valence-corrected chi connectivity index (χ0v) is 13.3.